The third-order valence-electron chi connectivity index (χ3n) is 3.50. The highest BCUT2D eigenvalue weighted by Crippen LogP contribution is 2.38. The Labute approximate surface area is 104 Å². The van der Waals surface area contributed by atoms with E-state index in [9.17, 15) is 4.79 Å². The first-order valence-corrected chi connectivity index (χ1v) is 6.02. The van der Waals surface area contributed by atoms with Crippen molar-refractivity contribution in [3.63, 3.8) is 0 Å². The molecule has 2 aromatic rings. The summed E-state index contributed by atoms with van der Waals surface area (Å²) in [6.07, 6.45) is 9.31. The Balaban J connectivity index is 2.18. The van der Waals surface area contributed by atoms with Gasteiger partial charge >= 0.3 is 5.63 Å². The van der Waals surface area contributed by atoms with E-state index in [0.717, 1.165) is 29.5 Å². The van der Waals surface area contributed by atoms with Crippen LogP contribution in [0, 0.1) is 0 Å². The van der Waals surface area contributed by atoms with E-state index in [1.807, 2.05) is 6.07 Å². The van der Waals surface area contributed by atoms with E-state index in [1.54, 1.807) is 0 Å². The molecule has 2 aliphatic rings. The molecule has 88 valence electrons. The van der Waals surface area contributed by atoms with Gasteiger partial charge in [-0.1, -0.05) is 18.2 Å². The molecule has 4 rings (SSSR count). The minimum atomic E-state index is -0.286. The molecular formula is C15H11NO2. The summed E-state index contributed by atoms with van der Waals surface area (Å²) in [6, 6.07) is 5.40. The minimum Gasteiger partial charge on any atom is -0.422 e. The van der Waals surface area contributed by atoms with Gasteiger partial charge in [-0.05, 0) is 24.1 Å². The van der Waals surface area contributed by atoms with Gasteiger partial charge in [-0.2, -0.15) is 0 Å². The molecule has 0 unspecified atom stereocenters. The number of hydrogen-bond donors (Lipinski definition) is 0. The van der Waals surface area contributed by atoms with E-state index in [1.165, 1.54) is 17.3 Å². The Bertz CT molecular complexity index is 768. The average Bonchev–Trinajstić information content (AvgIpc) is 2.40. The molecule has 0 spiro atoms. The smallest absolute Gasteiger partial charge is 0.336 e. The normalized spacial score (nSPS) is 16.1. The predicted octanol–water partition coefficient (Wildman–Crippen LogP) is 2.70. The second-order valence-corrected chi connectivity index (χ2v) is 4.61. The highest BCUT2D eigenvalue weighted by atomic mass is 16.4. The van der Waals surface area contributed by atoms with Crippen LogP contribution in [0.5, 0.6) is 0 Å². The standard InChI is InChI=1S/C15H11NO2/c17-13-6-5-11-9-10-3-1-7-16-8-2-4-12(14(10)16)15(11)18-13/h1-3,5-6,8-9H,4,7H2. The molecule has 0 N–H and O–H groups in total. The quantitative estimate of drug-likeness (QED) is 0.660. The lowest BCUT2D eigenvalue weighted by Crippen LogP contribution is -2.23. The fraction of sp³-hybridized carbons (Fsp3) is 0.133. The molecular weight excluding hydrogens is 226 g/mol. The molecule has 2 aliphatic heterocycles. The van der Waals surface area contributed by atoms with Crippen LogP contribution in [-0.2, 0) is 6.42 Å². The molecule has 1 aromatic carbocycles. The van der Waals surface area contributed by atoms with Gasteiger partial charge in [0, 0.05) is 29.8 Å². The molecule has 0 bridgehead atoms. The Morgan fingerprint density at radius 3 is 3.11 bits per heavy atom. The summed E-state index contributed by atoms with van der Waals surface area (Å²) >= 11 is 0. The average molecular weight is 237 g/mol. The number of nitrogens with zero attached hydrogens (tertiary/aromatic N) is 1. The Hall–Kier alpha value is -2.29. The summed E-state index contributed by atoms with van der Waals surface area (Å²) in [5, 5.41) is 0.991. The van der Waals surface area contributed by atoms with E-state index >= 15 is 0 Å². The summed E-state index contributed by atoms with van der Waals surface area (Å²) in [4.78, 5) is 13.6. The first-order valence-electron chi connectivity index (χ1n) is 6.02. The number of fused-ring (bicyclic) bond motifs is 2. The zero-order valence-corrected chi connectivity index (χ0v) is 9.72. The summed E-state index contributed by atoms with van der Waals surface area (Å²) < 4.78 is 5.39. The number of anilines is 1. The van der Waals surface area contributed by atoms with Gasteiger partial charge in [0.25, 0.3) is 0 Å². The van der Waals surface area contributed by atoms with Crippen molar-refractivity contribution >= 4 is 22.7 Å². The van der Waals surface area contributed by atoms with Crippen LogP contribution in [0.1, 0.15) is 11.1 Å². The van der Waals surface area contributed by atoms with Crippen LogP contribution in [0.15, 0.2) is 45.8 Å². The van der Waals surface area contributed by atoms with Gasteiger partial charge in [-0.3, -0.25) is 0 Å². The van der Waals surface area contributed by atoms with E-state index in [4.69, 9.17) is 4.42 Å². The van der Waals surface area contributed by atoms with Crippen LogP contribution in [0.2, 0.25) is 0 Å². The Morgan fingerprint density at radius 1 is 1.22 bits per heavy atom. The van der Waals surface area contributed by atoms with Gasteiger partial charge < -0.3 is 9.32 Å². The van der Waals surface area contributed by atoms with Gasteiger partial charge in [-0.25, -0.2) is 4.79 Å². The van der Waals surface area contributed by atoms with Crippen LogP contribution in [-0.4, -0.2) is 6.54 Å². The maximum atomic E-state index is 11.4. The highest BCUT2D eigenvalue weighted by molar-refractivity contribution is 5.92. The summed E-state index contributed by atoms with van der Waals surface area (Å²) in [6.45, 7) is 0.874. The van der Waals surface area contributed by atoms with Crippen molar-refractivity contribution in [1.29, 1.82) is 0 Å². The van der Waals surface area contributed by atoms with Gasteiger partial charge in [-0.15, -0.1) is 0 Å². The van der Waals surface area contributed by atoms with Crippen molar-refractivity contribution in [2.24, 2.45) is 0 Å². The molecule has 3 nitrogen and oxygen atoms in total. The molecule has 0 aliphatic carbocycles. The zero-order valence-electron chi connectivity index (χ0n) is 9.72. The molecule has 0 saturated heterocycles. The molecule has 0 atom stereocenters. The summed E-state index contributed by atoms with van der Waals surface area (Å²) in [5.41, 5.74) is 3.94. The van der Waals surface area contributed by atoms with E-state index < -0.39 is 0 Å². The molecule has 18 heavy (non-hydrogen) atoms. The fourth-order valence-electron chi connectivity index (χ4n) is 2.77. The van der Waals surface area contributed by atoms with Gasteiger partial charge in [0.1, 0.15) is 5.58 Å². The third kappa shape index (κ3) is 1.21. The highest BCUT2D eigenvalue weighted by Gasteiger charge is 2.21. The molecule has 0 fully saturated rings. The second kappa shape index (κ2) is 3.35. The fourth-order valence-corrected chi connectivity index (χ4v) is 2.77. The van der Waals surface area contributed by atoms with Gasteiger partial charge in [0.2, 0.25) is 0 Å². The number of rotatable bonds is 0. The number of benzene rings is 1. The molecule has 0 amide bonds. The first-order chi connectivity index (χ1) is 8.83. The van der Waals surface area contributed by atoms with Crippen LogP contribution in [0.25, 0.3) is 17.0 Å². The lowest BCUT2D eigenvalue weighted by molar-refractivity contribution is 0.557. The van der Waals surface area contributed by atoms with E-state index in [2.05, 4.69) is 35.4 Å². The van der Waals surface area contributed by atoms with E-state index in [-0.39, 0.29) is 5.63 Å². The molecule has 0 radical (unpaired) electrons. The largest absolute Gasteiger partial charge is 0.422 e. The summed E-state index contributed by atoms with van der Waals surface area (Å²) in [7, 11) is 0. The van der Waals surface area contributed by atoms with Crippen LogP contribution in [0.4, 0.5) is 5.69 Å². The maximum absolute atomic E-state index is 11.4. The number of allylic oxidation sites excluding steroid dienone is 1. The Morgan fingerprint density at radius 2 is 2.17 bits per heavy atom. The van der Waals surface area contributed by atoms with Crippen molar-refractivity contribution < 1.29 is 4.42 Å². The van der Waals surface area contributed by atoms with Crippen molar-refractivity contribution in [1.82, 2.24) is 0 Å². The first kappa shape index (κ1) is 9.71. The van der Waals surface area contributed by atoms with Crippen molar-refractivity contribution in [3.05, 3.63) is 58.1 Å². The van der Waals surface area contributed by atoms with Crippen LogP contribution >= 0.6 is 0 Å². The SMILES string of the molecule is O=c1ccc2cc3c4c(c2o1)CC=CN4CC=C3. The van der Waals surface area contributed by atoms with Crippen LogP contribution < -0.4 is 10.5 Å². The van der Waals surface area contributed by atoms with Gasteiger partial charge in [0.15, 0.2) is 0 Å². The number of hydrogen-bond acceptors (Lipinski definition) is 3. The second-order valence-electron chi connectivity index (χ2n) is 4.61. The van der Waals surface area contributed by atoms with Crippen molar-refractivity contribution in [2.75, 3.05) is 11.4 Å². The van der Waals surface area contributed by atoms with Crippen LogP contribution in [0.3, 0.4) is 0 Å². The topological polar surface area (TPSA) is 33.5 Å². The molecule has 1 aromatic heterocycles. The third-order valence-corrected chi connectivity index (χ3v) is 3.50. The van der Waals surface area contributed by atoms with Gasteiger partial charge in [0.05, 0.1) is 5.69 Å². The lowest BCUT2D eigenvalue weighted by atomic mass is 9.95. The van der Waals surface area contributed by atoms with Crippen molar-refractivity contribution in [2.45, 2.75) is 6.42 Å². The lowest BCUT2D eigenvalue weighted by Gasteiger charge is -2.30. The zero-order chi connectivity index (χ0) is 12.1. The molecule has 0 saturated carbocycles. The van der Waals surface area contributed by atoms with Crippen molar-refractivity contribution in [3.8, 4) is 0 Å². The maximum Gasteiger partial charge on any atom is 0.336 e. The predicted molar refractivity (Wildman–Crippen MR) is 71.7 cm³/mol. The minimum absolute atomic E-state index is 0.286. The monoisotopic (exact) mass is 237 g/mol. The molecule has 3 heterocycles. The Kier molecular flexibility index (Phi) is 1.81. The summed E-state index contributed by atoms with van der Waals surface area (Å²) in [5.74, 6) is 0. The molecule has 3 heteroatoms. The van der Waals surface area contributed by atoms with E-state index in [0.29, 0.717) is 0 Å².